The standard InChI is InChI=1S/C6H13NO4S/c1-6(8)11-7-2-4-12(9,10)5-3-7/h9-10H,2-5H2,1H3. The molecule has 0 aromatic rings. The van der Waals surface area contributed by atoms with E-state index in [1.54, 1.807) is 0 Å². The van der Waals surface area contributed by atoms with Gasteiger partial charge in [0.05, 0.1) is 24.6 Å². The van der Waals surface area contributed by atoms with Gasteiger partial charge in [0.25, 0.3) is 0 Å². The molecule has 0 unspecified atom stereocenters. The number of nitrogens with zero attached hydrogens (tertiary/aromatic N) is 1. The molecule has 2 N–H and O–H groups in total. The number of carbonyl (C=O) groups is 1. The van der Waals surface area contributed by atoms with Crippen LogP contribution in [0.25, 0.3) is 0 Å². The minimum Gasteiger partial charge on any atom is -0.368 e. The van der Waals surface area contributed by atoms with Crippen LogP contribution in [0.2, 0.25) is 0 Å². The molecule has 0 saturated carbocycles. The summed E-state index contributed by atoms with van der Waals surface area (Å²) < 4.78 is 18.4. The van der Waals surface area contributed by atoms with E-state index in [0.717, 1.165) is 0 Å². The fraction of sp³-hybridized carbons (Fsp3) is 0.833. The quantitative estimate of drug-likeness (QED) is 0.638. The van der Waals surface area contributed by atoms with Crippen LogP contribution in [0.1, 0.15) is 6.92 Å². The second-order valence-electron chi connectivity index (χ2n) is 2.72. The van der Waals surface area contributed by atoms with E-state index in [4.69, 9.17) is 4.84 Å². The van der Waals surface area contributed by atoms with Crippen LogP contribution in [0.5, 0.6) is 0 Å². The number of rotatable bonds is 1. The highest BCUT2D eigenvalue weighted by molar-refractivity contribution is 8.24. The topological polar surface area (TPSA) is 70.0 Å². The third-order valence-electron chi connectivity index (χ3n) is 1.59. The van der Waals surface area contributed by atoms with Crippen molar-refractivity contribution >= 4 is 16.6 Å². The molecule has 0 spiro atoms. The molecule has 1 rings (SSSR count). The molecule has 0 aromatic carbocycles. The molecule has 12 heavy (non-hydrogen) atoms. The summed E-state index contributed by atoms with van der Waals surface area (Å²) in [7, 11) is -2.38. The van der Waals surface area contributed by atoms with Crippen LogP contribution < -0.4 is 0 Å². The van der Waals surface area contributed by atoms with Crippen LogP contribution in [-0.4, -0.2) is 44.7 Å². The Morgan fingerprint density at radius 3 is 2.33 bits per heavy atom. The number of hydrogen-bond donors (Lipinski definition) is 2. The Kier molecular flexibility index (Phi) is 2.94. The van der Waals surface area contributed by atoms with Crippen molar-refractivity contribution < 1.29 is 18.7 Å². The van der Waals surface area contributed by atoms with Crippen LogP contribution >= 0.6 is 10.6 Å². The highest BCUT2D eigenvalue weighted by Gasteiger charge is 2.23. The van der Waals surface area contributed by atoms with Gasteiger partial charge >= 0.3 is 5.97 Å². The second kappa shape index (κ2) is 3.61. The molecular formula is C6H13NO4S. The smallest absolute Gasteiger partial charge is 0.322 e. The Balaban J connectivity index is 2.31. The van der Waals surface area contributed by atoms with Gasteiger partial charge in [-0.25, -0.2) is 0 Å². The van der Waals surface area contributed by atoms with E-state index in [9.17, 15) is 13.9 Å². The highest BCUT2D eigenvalue weighted by Crippen LogP contribution is 2.40. The minimum absolute atomic E-state index is 0.292. The Morgan fingerprint density at radius 2 is 1.92 bits per heavy atom. The van der Waals surface area contributed by atoms with Crippen molar-refractivity contribution in [2.24, 2.45) is 0 Å². The summed E-state index contributed by atoms with van der Waals surface area (Å²) in [6, 6.07) is 0. The van der Waals surface area contributed by atoms with E-state index in [1.165, 1.54) is 12.0 Å². The van der Waals surface area contributed by atoms with Crippen molar-refractivity contribution in [3.63, 3.8) is 0 Å². The predicted octanol–water partition coefficient (Wildman–Crippen LogP) is 0.531. The zero-order chi connectivity index (χ0) is 9.19. The van der Waals surface area contributed by atoms with Gasteiger partial charge < -0.3 is 4.84 Å². The second-order valence-corrected chi connectivity index (χ2v) is 5.14. The van der Waals surface area contributed by atoms with E-state index in [-0.39, 0.29) is 5.97 Å². The Bertz CT molecular complexity index is 174. The van der Waals surface area contributed by atoms with Crippen LogP contribution in [-0.2, 0) is 9.63 Å². The van der Waals surface area contributed by atoms with Gasteiger partial charge in [0.1, 0.15) is 0 Å². The van der Waals surface area contributed by atoms with Gasteiger partial charge in [-0.15, -0.1) is 5.06 Å². The third kappa shape index (κ3) is 2.98. The first-order valence-electron chi connectivity index (χ1n) is 3.67. The van der Waals surface area contributed by atoms with Gasteiger partial charge in [0, 0.05) is 6.92 Å². The lowest BCUT2D eigenvalue weighted by Gasteiger charge is -2.39. The maximum absolute atomic E-state index is 10.5. The van der Waals surface area contributed by atoms with Gasteiger partial charge in [-0.1, -0.05) is 0 Å². The first-order valence-corrected chi connectivity index (χ1v) is 5.55. The molecule has 0 aromatic heterocycles. The van der Waals surface area contributed by atoms with Crippen molar-refractivity contribution in [3.05, 3.63) is 0 Å². The summed E-state index contributed by atoms with van der Waals surface area (Å²) in [5.41, 5.74) is 0. The monoisotopic (exact) mass is 195 g/mol. The molecule has 5 nitrogen and oxygen atoms in total. The first-order chi connectivity index (χ1) is 5.49. The van der Waals surface area contributed by atoms with E-state index in [1.807, 2.05) is 0 Å². The summed E-state index contributed by atoms with van der Waals surface area (Å²) >= 11 is 0. The molecule has 0 radical (unpaired) electrons. The molecular weight excluding hydrogens is 182 g/mol. The zero-order valence-corrected chi connectivity index (χ0v) is 7.71. The average Bonchev–Trinajstić information content (AvgIpc) is 1.93. The molecule has 1 aliphatic rings. The summed E-state index contributed by atoms with van der Waals surface area (Å²) in [6.45, 7) is 2.14. The molecule has 1 fully saturated rings. The molecule has 1 heterocycles. The summed E-state index contributed by atoms with van der Waals surface area (Å²) in [5.74, 6) is 0.217. The summed E-state index contributed by atoms with van der Waals surface area (Å²) in [5, 5.41) is 1.46. The van der Waals surface area contributed by atoms with Crippen LogP contribution in [0.15, 0.2) is 0 Å². The Labute approximate surface area is 72.6 Å². The SMILES string of the molecule is CC(=O)ON1CCS(O)(O)CC1. The van der Waals surface area contributed by atoms with Crippen LogP contribution in [0.3, 0.4) is 0 Å². The van der Waals surface area contributed by atoms with Crippen LogP contribution in [0.4, 0.5) is 0 Å². The molecule has 0 aliphatic carbocycles. The van der Waals surface area contributed by atoms with Gasteiger partial charge in [-0.05, 0) is 0 Å². The van der Waals surface area contributed by atoms with Gasteiger partial charge in [0.15, 0.2) is 0 Å². The lowest BCUT2D eigenvalue weighted by atomic mass is 10.6. The van der Waals surface area contributed by atoms with Gasteiger partial charge in [0.2, 0.25) is 0 Å². The van der Waals surface area contributed by atoms with Crippen molar-refractivity contribution in [3.8, 4) is 0 Å². The maximum Gasteiger partial charge on any atom is 0.322 e. The molecule has 0 bridgehead atoms. The van der Waals surface area contributed by atoms with E-state index >= 15 is 0 Å². The average molecular weight is 195 g/mol. The van der Waals surface area contributed by atoms with Crippen molar-refractivity contribution in [1.82, 2.24) is 5.06 Å². The van der Waals surface area contributed by atoms with E-state index in [2.05, 4.69) is 0 Å². The lowest BCUT2D eigenvalue weighted by Crippen LogP contribution is -2.39. The Morgan fingerprint density at radius 1 is 1.42 bits per heavy atom. The van der Waals surface area contributed by atoms with Gasteiger partial charge in [-0.3, -0.25) is 13.9 Å². The van der Waals surface area contributed by atoms with E-state index in [0.29, 0.717) is 24.6 Å². The van der Waals surface area contributed by atoms with Crippen molar-refractivity contribution in [2.45, 2.75) is 6.92 Å². The molecule has 1 saturated heterocycles. The molecule has 6 heteroatoms. The maximum atomic E-state index is 10.5. The Hall–Kier alpha value is -0.300. The highest BCUT2D eigenvalue weighted by atomic mass is 32.3. The third-order valence-corrected chi connectivity index (χ3v) is 3.27. The number of hydroxylamine groups is 2. The molecule has 0 amide bonds. The fourth-order valence-electron chi connectivity index (χ4n) is 0.983. The molecule has 72 valence electrons. The van der Waals surface area contributed by atoms with Gasteiger partial charge in [-0.2, -0.15) is 10.6 Å². The molecule has 1 aliphatic heterocycles. The summed E-state index contributed by atoms with van der Waals surface area (Å²) in [4.78, 5) is 15.3. The van der Waals surface area contributed by atoms with Crippen molar-refractivity contribution in [2.75, 3.05) is 24.6 Å². The van der Waals surface area contributed by atoms with E-state index < -0.39 is 10.6 Å². The minimum atomic E-state index is -2.38. The molecule has 0 atom stereocenters. The summed E-state index contributed by atoms with van der Waals surface area (Å²) in [6.07, 6.45) is 0. The number of hydrogen-bond acceptors (Lipinski definition) is 5. The van der Waals surface area contributed by atoms with Crippen molar-refractivity contribution in [1.29, 1.82) is 0 Å². The predicted molar refractivity (Wildman–Crippen MR) is 45.9 cm³/mol. The normalized spacial score (nSPS) is 26.2. The zero-order valence-electron chi connectivity index (χ0n) is 6.89. The largest absolute Gasteiger partial charge is 0.368 e. The number of carbonyl (C=O) groups excluding carboxylic acids is 1. The van der Waals surface area contributed by atoms with Crippen LogP contribution in [0, 0.1) is 0 Å². The first kappa shape index (κ1) is 9.79. The fourth-order valence-corrected chi connectivity index (χ4v) is 2.18. The lowest BCUT2D eigenvalue weighted by molar-refractivity contribution is -0.186.